The Morgan fingerprint density at radius 2 is 1.85 bits per heavy atom. The molecule has 0 radical (unpaired) electrons. The molecule has 2 fully saturated rings. The standard InChI is InChI=1S/C24H37N3O6S/c1-3-7-22(24(29)26-18-8-4-5-9-18)27(17-20-10-6-15-33-20)23(28)16-25-34(30,31)21-13-11-19(32-2)12-14-21/h11-14,18,20,22,25H,3-10,15-17H2,1-2H3,(H,26,29)/t20-,22-/m0/s1. The van der Waals surface area contributed by atoms with E-state index in [2.05, 4.69) is 10.0 Å². The fourth-order valence-electron chi connectivity index (χ4n) is 4.58. The van der Waals surface area contributed by atoms with Gasteiger partial charge in [0.25, 0.3) is 0 Å². The Balaban J connectivity index is 1.72. The molecule has 9 nitrogen and oxygen atoms in total. The minimum absolute atomic E-state index is 0.0378. The molecule has 0 aromatic heterocycles. The van der Waals surface area contributed by atoms with E-state index in [0.29, 0.717) is 18.8 Å². The van der Waals surface area contributed by atoms with Crippen LogP contribution >= 0.6 is 0 Å². The second-order valence-corrected chi connectivity index (χ2v) is 10.7. The maximum absolute atomic E-state index is 13.3. The van der Waals surface area contributed by atoms with Gasteiger partial charge in [0.15, 0.2) is 0 Å². The van der Waals surface area contributed by atoms with Gasteiger partial charge in [-0.25, -0.2) is 13.1 Å². The highest BCUT2D eigenvalue weighted by molar-refractivity contribution is 7.89. The summed E-state index contributed by atoms with van der Waals surface area (Å²) < 4.78 is 38.7. The van der Waals surface area contributed by atoms with Crippen molar-refractivity contribution < 1.29 is 27.5 Å². The van der Waals surface area contributed by atoms with Gasteiger partial charge in [-0.3, -0.25) is 9.59 Å². The van der Waals surface area contributed by atoms with Gasteiger partial charge in [-0.05, 0) is 56.4 Å². The van der Waals surface area contributed by atoms with E-state index in [1.807, 2.05) is 6.92 Å². The molecule has 1 saturated carbocycles. The molecule has 0 bridgehead atoms. The zero-order chi connectivity index (χ0) is 24.6. The number of carbonyl (C=O) groups excluding carboxylic acids is 2. The summed E-state index contributed by atoms with van der Waals surface area (Å²) in [6.45, 7) is 2.43. The predicted octanol–water partition coefficient (Wildman–Crippen LogP) is 2.21. The molecular formula is C24H37N3O6S. The Morgan fingerprint density at radius 3 is 2.44 bits per heavy atom. The molecule has 3 rings (SSSR count). The van der Waals surface area contributed by atoms with Crippen molar-refractivity contribution in [2.24, 2.45) is 0 Å². The van der Waals surface area contributed by atoms with Crippen LogP contribution in [0.5, 0.6) is 5.75 Å². The highest BCUT2D eigenvalue weighted by atomic mass is 32.2. The number of hydrogen-bond acceptors (Lipinski definition) is 6. The van der Waals surface area contributed by atoms with Crippen molar-refractivity contribution in [3.63, 3.8) is 0 Å². The van der Waals surface area contributed by atoms with E-state index in [4.69, 9.17) is 9.47 Å². The van der Waals surface area contributed by atoms with Crippen LogP contribution in [0.15, 0.2) is 29.2 Å². The maximum Gasteiger partial charge on any atom is 0.243 e. The molecule has 2 atom stereocenters. The number of benzene rings is 1. The van der Waals surface area contributed by atoms with Gasteiger partial charge in [-0.2, -0.15) is 0 Å². The molecule has 34 heavy (non-hydrogen) atoms. The van der Waals surface area contributed by atoms with E-state index in [1.165, 1.54) is 24.1 Å². The van der Waals surface area contributed by atoms with E-state index < -0.39 is 28.5 Å². The van der Waals surface area contributed by atoms with Gasteiger partial charge in [0.2, 0.25) is 21.8 Å². The monoisotopic (exact) mass is 495 g/mol. The SMILES string of the molecule is CCC[C@@H](C(=O)NC1CCCC1)N(C[C@@H]1CCCO1)C(=O)CNS(=O)(=O)c1ccc(OC)cc1. The Labute approximate surface area is 202 Å². The number of sulfonamides is 1. The number of nitrogens with one attached hydrogen (secondary N) is 2. The lowest BCUT2D eigenvalue weighted by Gasteiger charge is -2.33. The first-order valence-corrected chi connectivity index (χ1v) is 13.7. The Kier molecular flexibility index (Phi) is 9.73. The van der Waals surface area contributed by atoms with E-state index in [9.17, 15) is 18.0 Å². The van der Waals surface area contributed by atoms with Gasteiger partial charge in [-0.15, -0.1) is 0 Å². The summed E-state index contributed by atoms with van der Waals surface area (Å²) in [7, 11) is -2.40. The zero-order valence-corrected chi connectivity index (χ0v) is 20.9. The van der Waals surface area contributed by atoms with Crippen LogP contribution in [0.25, 0.3) is 0 Å². The van der Waals surface area contributed by atoms with Gasteiger partial charge >= 0.3 is 0 Å². The van der Waals surface area contributed by atoms with Crippen LogP contribution in [0.2, 0.25) is 0 Å². The molecule has 1 aliphatic heterocycles. The molecule has 2 N–H and O–H groups in total. The lowest BCUT2D eigenvalue weighted by Crippen LogP contribution is -2.55. The first kappa shape index (κ1) is 26.4. The molecular weight excluding hydrogens is 458 g/mol. The topological polar surface area (TPSA) is 114 Å². The second kappa shape index (κ2) is 12.5. The van der Waals surface area contributed by atoms with Crippen molar-refractivity contribution in [3.05, 3.63) is 24.3 Å². The van der Waals surface area contributed by atoms with Crippen LogP contribution in [0, 0.1) is 0 Å². The van der Waals surface area contributed by atoms with Crippen molar-refractivity contribution in [3.8, 4) is 5.75 Å². The number of rotatable bonds is 12. The van der Waals surface area contributed by atoms with Crippen molar-refractivity contribution in [1.82, 2.24) is 14.9 Å². The van der Waals surface area contributed by atoms with Crippen molar-refractivity contribution in [1.29, 1.82) is 0 Å². The molecule has 0 unspecified atom stereocenters. The third-order valence-corrected chi connectivity index (χ3v) is 7.89. The number of hydrogen-bond donors (Lipinski definition) is 2. The summed E-state index contributed by atoms with van der Waals surface area (Å²) in [5.41, 5.74) is 0. The third-order valence-electron chi connectivity index (χ3n) is 6.47. The van der Waals surface area contributed by atoms with E-state index in [-0.39, 0.29) is 29.5 Å². The first-order valence-electron chi connectivity index (χ1n) is 12.2. The van der Waals surface area contributed by atoms with Gasteiger partial charge in [-0.1, -0.05) is 26.2 Å². The Morgan fingerprint density at radius 1 is 1.15 bits per heavy atom. The largest absolute Gasteiger partial charge is 0.497 e. The van der Waals surface area contributed by atoms with Gasteiger partial charge < -0.3 is 19.7 Å². The summed E-state index contributed by atoms with van der Waals surface area (Å²) in [4.78, 5) is 28.1. The van der Waals surface area contributed by atoms with Crippen LogP contribution in [-0.2, 0) is 24.3 Å². The first-order chi connectivity index (χ1) is 16.3. The summed E-state index contributed by atoms with van der Waals surface area (Å²) in [5, 5.41) is 3.11. The minimum Gasteiger partial charge on any atom is -0.497 e. The molecule has 1 aromatic rings. The van der Waals surface area contributed by atoms with Crippen molar-refractivity contribution in [2.75, 3.05) is 26.8 Å². The lowest BCUT2D eigenvalue weighted by molar-refractivity contribution is -0.142. The van der Waals surface area contributed by atoms with Gasteiger partial charge in [0.05, 0.1) is 24.7 Å². The fraction of sp³-hybridized carbons (Fsp3) is 0.667. The quantitative estimate of drug-likeness (QED) is 0.460. The van der Waals surface area contributed by atoms with Crippen LogP contribution in [-0.4, -0.2) is 70.1 Å². The molecule has 0 spiro atoms. The van der Waals surface area contributed by atoms with Gasteiger partial charge in [0.1, 0.15) is 11.8 Å². The average Bonchev–Trinajstić information content (AvgIpc) is 3.54. The molecule has 2 amide bonds. The van der Waals surface area contributed by atoms with Crippen LogP contribution in [0.4, 0.5) is 0 Å². The predicted molar refractivity (Wildman–Crippen MR) is 128 cm³/mol. The summed E-state index contributed by atoms with van der Waals surface area (Å²) in [6.07, 6.45) is 6.87. The van der Waals surface area contributed by atoms with Crippen molar-refractivity contribution >= 4 is 21.8 Å². The Hall–Kier alpha value is -2.17. The summed E-state index contributed by atoms with van der Waals surface area (Å²) in [5.74, 6) is -0.0702. The molecule has 2 aliphatic rings. The lowest BCUT2D eigenvalue weighted by atomic mass is 10.1. The molecule has 10 heteroatoms. The number of amides is 2. The summed E-state index contributed by atoms with van der Waals surface area (Å²) >= 11 is 0. The van der Waals surface area contributed by atoms with Crippen molar-refractivity contribution in [2.45, 2.75) is 81.4 Å². The maximum atomic E-state index is 13.3. The molecule has 1 aromatic carbocycles. The van der Waals surface area contributed by atoms with E-state index >= 15 is 0 Å². The summed E-state index contributed by atoms with van der Waals surface area (Å²) in [6, 6.07) is 5.42. The average molecular weight is 496 g/mol. The third kappa shape index (κ3) is 7.16. The van der Waals surface area contributed by atoms with Crippen LogP contribution in [0.1, 0.15) is 58.3 Å². The number of nitrogens with zero attached hydrogens (tertiary/aromatic N) is 1. The minimum atomic E-state index is -3.90. The van der Waals surface area contributed by atoms with Crippen LogP contribution in [0.3, 0.4) is 0 Å². The fourth-order valence-corrected chi connectivity index (χ4v) is 5.55. The molecule has 1 saturated heterocycles. The smallest absolute Gasteiger partial charge is 0.243 e. The van der Waals surface area contributed by atoms with E-state index in [0.717, 1.165) is 44.9 Å². The number of methoxy groups -OCH3 is 1. The number of ether oxygens (including phenoxy) is 2. The normalized spacial score (nSPS) is 19.6. The second-order valence-electron chi connectivity index (χ2n) is 8.98. The highest BCUT2D eigenvalue weighted by Gasteiger charge is 2.34. The highest BCUT2D eigenvalue weighted by Crippen LogP contribution is 2.21. The number of carbonyl (C=O) groups is 2. The van der Waals surface area contributed by atoms with Crippen LogP contribution < -0.4 is 14.8 Å². The van der Waals surface area contributed by atoms with Gasteiger partial charge in [0, 0.05) is 19.2 Å². The molecule has 190 valence electrons. The van der Waals surface area contributed by atoms with E-state index in [1.54, 1.807) is 12.1 Å². The Bertz CT molecular complexity index is 909. The molecule has 1 heterocycles. The zero-order valence-electron chi connectivity index (χ0n) is 20.1. The molecule has 1 aliphatic carbocycles.